The zero-order valence-electron chi connectivity index (χ0n) is 9.93. The molecule has 0 aliphatic rings. The van der Waals surface area contributed by atoms with E-state index in [0.717, 1.165) is 11.1 Å². The van der Waals surface area contributed by atoms with Crippen LogP contribution in [-0.2, 0) is 6.54 Å². The largest absolute Gasteiger partial charge is 0.384 e. The SMILES string of the molecule is N#CCN(CC#N)Cc1ccc(C#CCO)cc1. The summed E-state index contributed by atoms with van der Waals surface area (Å²) in [5, 5.41) is 25.9. The molecule has 0 bridgehead atoms. The number of aliphatic hydroxyl groups excluding tert-OH is 1. The maximum atomic E-state index is 8.64. The van der Waals surface area contributed by atoms with Gasteiger partial charge in [0.1, 0.15) is 6.61 Å². The summed E-state index contributed by atoms with van der Waals surface area (Å²) < 4.78 is 0. The number of hydrogen-bond donors (Lipinski definition) is 1. The molecule has 0 aromatic heterocycles. The molecular weight excluding hydrogens is 226 g/mol. The normalized spacial score (nSPS) is 9.11. The third-order valence-electron chi connectivity index (χ3n) is 2.26. The Morgan fingerprint density at radius 3 is 2.17 bits per heavy atom. The fourth-order valence-corrected chi connectivity index (χ4v) is 1.46. The molecule has 18 heavy (non-hydrogen) atoms. The molecule has 0 saturated heterocycles. The molecule has 0 heterocycles. The van der Waals surface area contributed by atoms with Crippen LogP contribution in [0.2, 0.25) is 0 Å². The molecule has 0 aliphatic carbocycles. The van der Waals surface area contributed by atoms with Crippen LogP contribution in [0.15, 0.2) is 24.3 Å². The molecule has 1 aromatic carbocycles. The van der Waals surface area contributed by atoms with E-state index in [0.29, 0.717) is 6.54 Å². The van der Waals surface area contributed by atoms with Crippen LogP contribution < -0.4 is 0 Å². The van der Waals surface area contributed by atoms with Gasteiger partial charge in [-0.05, 0) is 17.7 Å². The molecular formula is C14H13N3O. The van der Waals surface area contributed by atoms with Crippen LogP contribution >= 0.6 is 0 Å². The highest BCUT2D eigenvalue weighted by Gasteiger charge is 2.04. The van der Waals surface area contributed by atoms with Gasteiger partial charge in [0.15, 0.2) is 0 Å². The van der Waals surface area contributed by atoms with Gasteiger partial charge in [-0.2, -0.15) is 10.5 Å². The summed E-state index contributed by atoms with van der Waals surface area (Å²) in [6.07, 6.45) is 0. The van der Waals surface area contributed by atoms with E-state index in [1.54, 1.807) is 4.90 Å². The second-order valence-corrected chi connectivity index (χ2v) is 3.62. The van der Waals surface area contributed by atoms with Crippen molar-refractivity contribution in [1.82, 2.24) is 4.90 Å². The summed E-state index contributed by atoms with van der Waals surface area (Å²) in [5.41, 5.74) is 1.86. The van der Waals surface area contributed by atoms with Gasteiger partial charge in [-0.1, -0.05) is 24.0 Å². The number of benzene rings is 1. The van der Waals surface area contributed by atoms with Gasteiger partial charge in [-0.15, -0.1) is 0 Å². The summed E-state index contributed by atoms with van der Waals surface area (Å²) in [6.45, 7) is 0.883. The number of rotatable bonds is 4. The van der Waals surface area contributed by atoms with E-state index in [4.69, 9.17) is 15.6 Å². The Labute approximate surface area is 107 Å². The third kappa shape index (κ3) is 4.68. The highest BCUT2D eigenvalue weighted by atomic mass is 16.2. The minimum atomic E-state index is -0.153. The molecule has 0 spiro atoms. The Morgan fingerprint density at radius 1 is 1.06 bits per heavy atom. The van der Waals surface area contributed by atoms with Gasteiger partial charge in [0, 0.05) is 12.1 Å². The second kappa shape index (κ2) is 7.87. The Balaban J connectivity index is 2.68. The van der Waals surface area contributed by atoms with Crippen LogP contribution in [0.4, 0.5) is 0 Å². The Hall–Kier alpha value is -2.32. The zero-order valence-corrected chi connectivity index (χ0v) is 9.93. The van der Waals surface area contributed by atoms with E-state index in [1.165, 1.54) is 0 Å². The first kappa shape index (κ1) is 13.7. The van der Waals surface area contributed by atoms with Crippen molar-refractivity contribution >= 4 is 0 Å². The minimum absolute atomic E-state index is 0.153. The quantitative estimate of drug-likeness (QED) is 0.625. The zero-order chi connectivity index (χ0) is 13.2. The van der Waals surface area contributed by atoms with Gasteiger partial charge in [0.2, 0.25) is 0 Å². The van der Waals surface area contributed by atoms with E-state index in [-0.39, 0.29) is 19.7 Å². The molecule has 0 amide bonds. The molecule has 90 valence electrons. The first-order valence-corrected chi connectivity index (χ1v) is 5.45. The standard InChI is InChI=1S/C14H13N3O/c15-7-9-17(10-8-16)12-14-5-3-13(4-6-14)2-1-11-18/h3-6,18H,9-12H2. The smallest absolute Gasteiger partial charge is 0.104 e. The maximum absolute atomic E-state index is 8.64. The fourth-order valence-electron chi connectivity index (χ4n) is 1.46. The lowest BCUT2D eigenvalue weighted by Crippen LogP contribution is -2.23. The van der Waals surface area contributed by atoms with Gasteiger partial charge < -0.3 is 5.11 Å². The van der Waals surface area contributed by atoms with Crippen molar-refractivity contribution in [2.45, 2.75) is 6.54 Å². The van der Waals surface area contributed by atoms with Crippen molar-refractivity contribution in [1.29, 1.82) is 10.5 Å². The van der Waals surface area contributed by atoms with Gasteiger partial charge in [-0.3, -0.25) is 4.90 Å². The molecule has 0 atom stereocenters. The lowest BCUT2D eigenvalue weighted by molar-refractivity contribution is 0.335. The number of nitriles is 2. The molecule has 1 aromatic rings. The number of aliphatic hydroxyl groups is 1. The van der Waals surface area contributed by atoms with E-state index in [9.17, 15) is 0 Å². The minimum Gasteiger partial charge on any atom is -0.384 e. The van der Waals surface area contributed by atoms with Crippen LogP contribution in [0.3, 0.4) is 0 Å². The van der Waals surface area contributed by atoms with Crippen LogP contribution in [0.1, 0.15) is 11.1 Å². The van der Waals surface area contributed by atoms with E-state index in [2.05, 4.69) is 11.8 Å². The Bertz CT molecular complexity index is 495. The van der Waals surface area contributed by atoms with Gasteiger partial charge in [-0.25, -0.2) is 0 Å². The van der Waals surface area contributed by atoms with Gasteiger partial charge in [0.05, 0.1) is 25.2 Å². The third-order valence-corrected chi connectivity index (χ3v) is 2.26. The van der Waals surface area contributed by atoms with Crippen LogP contribution in [0, 0.1) is 34.5 Å². The lowest BCUT2D eigenvalue weighted by Gasteiger charge is -2.14. The molecule has 0 unspecified atom stereocenters. The number of nitrogens with zero attached hydrogens (tertiary/aromatic N) is 3. The summed E-state index contributed by atoms with van der Waals surface area (Å²) in [7, 11) is 0. The predicted octanol–water partition coefficient (Wildman–Crippen LogP) is 0.880. The Morgan fingerprint density at radius 2 is 1.67 bits per heavy atom. The van der Waals surface area contributed by atoms with E-state index < -0.39 is 0 Å². The fraction of sp³-hybridized carbons (Fsp3) is 0.286. The highest BCUT2D eigenvalue weighted by Crippen LogP contribution is 2.06. The average Bonchev–Trinajstić information content (AvgIpc) is 2.38. The van der Waals surface area contributed by atoms with Crippen molar-refractivity contribution in [2.24, 2.45) is 0 Å². The summed E-state index contributed by atoms with van der Waals surface area (Å²) >= 11 is 0. The summed E-state index contributed by atoms with van der Waals surface area (Å²) in [5.74, 6) is 5.38. The molecule has 0 aliphatic heterocycles. The second-order valence-electron chi connectivity index (χ2n) is 3.62. The summed E-state index contributed by atoms with van der Waals surface area (Å²) in [4.78, 5) is 1.76. The van der Waals surface area contributed by atoms with Crippen molar-refractivity contribution in [3.63, 3.8) is 0 Å². The monoisotopic (exact) mass is 239 g/mol. The predicted molar refractivity (Wildman–Crippen MR) is 66.9 cm³/mol. The van der Waals surface area contributed by atoms with E-state index in [1.807, 2.05) is 36.4 Å². The number of hydrogen-bond acceptors (Lipinski definition) is 4. The van der Waals surface area contributed by atoms with Crippen molar-refractivity contribution in [2.75, 3.05) is 19.7 Å². The highest BCUT2D eigenvalue weighted by molar-refractivity contribution is 5.36. The van der Waals surface area contributed by atoms with Gasteiger partial charge >= 0.3 is 0 Å². The van der Waals surface area contributed by atoms with Crippen LogP contribution in [0.5, 0.6) is 0 Å². The van der Waals surface area contributed by atoms with E-state index >= 15 is 0 Å². The van der Waals surface area contributed by atoms with Gasteiger partial charge in [0.25, 0.3) is 0 Å². The topological polar surface area (TPSA) is 71.0 Å². The Kier molecular flexibility index (Phi) is 6.01. The molecule has 4 nitrogen and oxygen atoms in total. The van der Waals surface area contributed by atoms with Crippen molar-refractivity contribution in [3.8, 4) is 24.0 Å². The maximum Gasteiger partial charge on any atom is 0.104 e. The van der Waals surface area contributed by atoms with Crippen molar-refractivity contribution < 1.29 is 5.11 Å². The molecule has 4 heteroatoms. The lowest BCUT2D eigenvalue weighted by atomic mass is 10.1. The molecule has 0 saturated carbocycles. The first-order valence-electron chi connectivity index (χ1n) is 5.45. The molecule has 0 fully saturated rings. The van der Waals surface area contributed by atoms with Crippen LogP contribution in [0.25, 0.3) is 0 Å². The molecule has 1 rings (SSSR count). The van der Waals surface area contributed by atoms with Crippen molar-refractivity contribution in [3.05, 3.63) is 35.4 Å². The summed E-state index contributed by atoms with van der Waals surface area (Å²) in [6, 6.07) is 11.6. The molecule has 1 N–H and O–H groups in total. The van der Waals surface area contributed by atoms with Crippen LogP contribution in [-0.4, -0.2) is 29.7 Å². The first-order chi connectivity index (χ1) is 8.80. The molecule has 0 radical (unpaired) electrons. The average molecular weight is 239 g/mol.